The average Bonchev–Trinajstić information content (AvgIpc) is 2.12. The van der Waals surface area contributed by atoms with E-state index in [2.05, 4.69) is 4.85 Å². The minimum absolute atomic E-state index is 0.160. The molecule has 1 unspecified atom stereocenters. The third kappa shape index (κ3) is 1.78. The molecule has 0 heterocycles. The summed E-state index contributed by atoms with van der Waals surface area (Å²) in [5, 5.41) is -0.160. The summed E-state index contributed by atoms with van der Waals surface area (Å²) in [4.78, 5) is 3.03. The first-order valence-electron chi connectivity index (χ1n) is 3.58. The van der Waals surface area contributed by atoms with Gasteiger partial charge >= 0.3 is 0 Å². The second kappa shape index (κ2) is 3.71. The second-order valence-electron chi connectivity index (χ2n) is 2.56. The molecular formula is C9H6ClF2N. The van der Waals surface area contributed by atoms with E-state index >= 15 is 0 Å². The van der Waals surface area contributed by atoms with Gasteiger partial charge in [0.15, 0.2) is 5.82 Å². The van der Waals surface area contributed by atoms with Gasteiger partial charge in [0.05, 0.1) is 5.02 Å². The summed E-state index contributed by atoms with van der Waals surface area (Å²) in [6.45, 7) is 8.08. The molecular weight excluding hydrogens is 196 g/mol. The van der Waals surface area contributed by atoms with Crippen LogP contribution in [0.1, 0.15) is 18.5 Å². The van der Waals surface area contributed by atoms with Crippen molar-refractivity contribution < 1.29 is 8.78 Å². The van der Waals surface area contributed by atoms with Gasteiger partial charge in [0.1, 0.15) is 11.4 Å². The predicted octanol–water partition coefficient (Wildman–Crippen LogP) is 3.60. The molecule has 0 saturated carbocycles. The van der Waals surface area contributed by atoms with Crippen molar-refractivity contribution in [1.82, 2.24) is 0 Å². The minimum atomic E-state index is -0.848. The van der Waals surface area contributed by atoms with E-state index in [1.807, 2.05) is 0 Å². The lowest BCUT2D eigenvalue weighted by Gasteiger charge is -2.04. The molecule has 0 radical (unpaired) electrons. The summed E-state index contributed by atoms with van der Waals surface area (Å²) < 4.78 is 26.2. The average molecular weight is 202 g/mol. The van der Waals surface area contributed by atoms with Crippen molar-refractivity contribution in [1.29, 1.82) is 0 Å². The number of nitrogens with zero attached hydrogens (tertiary/aromatic N) is 1. The lowest BCUT2D eigenvalue weighted by molar-refractivity contribution is 0.549. The molecule has 0 aliphatic rings. The van der Waals surface area contributed by atoms with E-state index in [4.69, 9.17) is 18.2 Å². The van der Waals surface area contributed by atoms with Crippen molar-refractivity contribution in [3.63, 3.8) is 0 Å². The van der Waals surface area contributed by atoms with Gasteiger partial charge in [0, 0.05) is 6.92 Å². The maximum atomic E-state index is 13.2. The van der Waals surface area contributed by atoms with E-state index in [-0.39, 0.29) is 10.6 Å². The fraction of sp³-hybridized carbons (Fsp3) is 0.222. The Morgan fingerprint density at radius 1 is 1.46 bits per heavy atom. The quantitative estimate of drug-likeness (QED) is 0.483. The summed E-state index contributed by atoms with van der Waals surface area (Å²) in [6.07, 6.45) is 0. The Kier molecular flexibility index (Phi) is 2.84. The number of halogens is 3. The molecule has 0 aliphatic heterocycles. The van der Waals surface area contributed by atoms with Crippen molar-refractivity contribution in [2.75, 3.05) is 0 Å². The lowest BCUT2D eigenvalue weighted by Crippen LogP contribution is -1.98. The molecule has 0 spiro atoms. The van der Waals surface area contributed by atoms with Gasteiger partial charge in [-0.05, 0) is 12.1 Å². The standard InChI is InChI=1S/C9H6ClF2N/c1-5(13-2)8-7(11)4-3-6(10)9(8)12/h3-5H,1H3. The second-order valence-corrected chi connectivity index (χ2v) is 2.97. The van der Waals surface area contributed by atoms with E-state index in [0.29, 0.717) is 0 Å². The van der Waals surface area contributed by atoms with Crippen molar-refractivity contribution in [2.45, 2.75) is 13.0 Å². The Balaban J connectivity index is 3.35. The van der Waals surface area contributed by atoms with Crippen LogP contribution in [0.4, 0.5) is 8.78 Å². The van der Waals surface area contributed by atoms with E-state index in [1.165, 1.54) is 6.92 Å². The smallest absolute Gasteiger partial charge is 0.251 e. The molecule has 1 rings (SSSR count). The largest absolute Gasteiger partial charge is 0.309 e. The molecule has 0 aromatic heterocycles. The van der Waals surface area contributed by atoms with Gasteiger partial charge in [-0.1, -0.05) is 11.6 Å². The Morgan fingerprint density at radius 3 is 2.62 bits per heavy atom. The number of hydrogen-bond donors (Lipinski definition) is 0. The Hall–Kier alpha value is -1.14. The molecule has 0 amide bonds. The molecule has 1 atom stereocenters. The monoisotopic (exact) mass is 201 g/mol. The van der Waals surface area contributed by atoms with Gasteiger partial charge in [0.2, 0.25) is 0 Å². The maximum absolute atomic E-state index is 13.2. The van der Waals surface area contributed by atoms with Crippen molar-refractivity contribution >= 4 is 11.6 Å². The van der Waals surface area contributed by atoms with Gasteiger partial charge in [-0.2, -0.15) is 0 Å². The molecule has 1 aromatic carbocycles. The fourth-order valence-corrected chi connectivity index (χ4v) is 1.16. The van der Waals surface area contributed by atoms with Crippen LogP contribution in [0.2, 0.25) is 5.02 Å². The molecule has 0 fully saturated rings. The van der Waals surface area contributed by atoms with Crippen LogP contribution in [-0.2, 0) is 0 Å². The van der Waals surface area contributed by atoms with E-state index < -0.39 is 17.7 Å². The van der Waals surface area contributed by atoms with Gasteiger partial charge in [-0.15, -0.1) is 0 Å². The summed E-state index contributed by atoms with van der Waals surface area (Å²) in [5.41, 5.74) is -0.262. The van der Waals surface area contributed by atoms with Gasteiger partial charge in [0.25, 0.3) is 6.04 Å². The molecule has 0 saturated heterocycles. The van der Waals surface area contributed by atoms with Crippen LogP contribution < -0.4 is 0 Å². The molecule has 4 heteroatoms. The van der Waals surface area contributed by atoms with Crippen molar-refractivity contribution in [3.8, 4) is 0 Å². The Bertz CT molecular complexity index is 371. The number of rotatable bonds is 1. The highest BCUT2D eigenvalue weighted by Gasteiger charge is 2.21. The van der Waals surface area contributed by atoms with Crippen molar-refractivity contribution in [2.24, 2.45) is 0 Å². The molecule has 0 N–H and O–H groups in total. The highest BCUT2D eigenvalue weighted by Crippen LogP contribution is 2.27. The number of hydrogen-bond acceptors (Lipinski definition) is 0. The summed E-state index contributed by atoms with van der Waals surface area (Å²) in [6, 6.07) is 1.34. The zero-order valence-electron chi connectivity index (χ0n) is 6.81. The van der Waals surface area contributed by atoms with Gasteiger partial charge < -0.3 is 4.85 Å². The van der Waals surface area contributed by atoms with Crippen LogP contribution in [0.3, 0.4) is 0 Å². The Labute approximate surface area is 79.8 Å². The first kappa shape index (κ1) is 9.94. The fourth-order valence-electron chi connectivity index (χ4n) is 0.990. The third-order valence-electron chi connectivity index (χ3n) is 1.69. The third-order valence-corrected chi connectivity index (χ3v) is 1.98. The van der Waals surface area contributed by atoms with Crippen molar-refractivity contribution in [3.05, 3.63) is 45.8 Å². The molecule has 1 nitrogen and oxygen atoms in total. The molecule has 68 valence electrons. The normalized spacial score (nSPS) is 12.2. The topological polar surface area (TPSA) is 4.36 Å². The first-order chi connectivity index (χ1) is 6.07. The van der Waals surface area contributed by atoms with E-state index in [9.17, 15) is 8.78 Å². The zero-order valence-corrected chi connectivity index (χ0v) is 7.57. The van der Waals surface area contributed by atoms with Crippen LogP contribution in [0.25, 0.3) is 4.85 Å². The molecule has 0 aliphatic carbocycles. The summed E-state index contributed by atoms with van der Waals surface area (Å²) >= 11 is 5.44. The Morgan fingerprint density at radius 2 is 2.08 bits per heavy atom. The predicted molar refractivity (Wildman–Crippen MR) is 46.4 cm³/mol. The van der Waals surface area contributed by atoms with Crippen LogP contribution in [-0.4, -0.2) is 0 Å². The van der Waals surface area contributed by atoms with E-state index in [0.717, 1.165) is 12.1 Å². The summed E-state index contributed by atoms with van der Waals surface area (Å²) in [5.74, 6) is -1.57. The summed E-state index contributed by atoms with van der Waals surface area (Å²) in [7, 11) is 0. The van der Waals surface area contributed by atoms with E-state index in [1.54, 1.807) is 0 Å². The van der Waals surface area contributed by atoms with Crippen LogP contribution in [0, 0.1) is 18.2 Å². The molecule has 0 bridgehead atoms. The minimum Gasteiger partial charge on any atom is -0.309 e. The SMILES string of the molecule is [C-]#[N+]C(C)c1c(F)ccc(Cl)c1F. The lowest BCUT2D eigenvalue weighted by atomic mass is 10.1. The number of benzene rings is 1. The van der Waals surface area contributed by atoms with Gasteiger partial charge in [-0.25, -0.2) is 15.4 Å². The molecule has 1 aromatic rings. The first-order valence-corrected chi connectivity index (χ1v) is 3.95. The maximum Gasteiger partial charge on any atom is 0.251 e. The van der Waals surface area contributed by atoms with Crippen LogP contribution >= 0.6 is 11.6 Å². The van der Waals surface area contributed by atoms with Gasteiger partial charge in [-0.3, -0.25) is 0 Å². The highest BCUT2D eigenvalue weighted by atomic mass is 35.5. The van der Waals surface area contributed by atoms with Crippen LogP contribution in [0.15, 0.2) is 12.1 Å². The van der Waals surface area contributed by atoms with Crippen LogP contribution in [0.5, 0.6) is 0 Å². The molecule has 13 heavy (non-hydrogen) atoms. The highest BCUT2D eigenvalue weighted by molar-refractivity contribution is 6.30. The zero-order chi connectivity index (χ0) is 10.0.